The molecule has 0 aliphatic rings. The number of hydrogen-bond acceptors (Lipinski definition) is 2. The highest BCUT2D eigenvalue weighted by atomic mass is 19.1. The van der Waals surface area contributed by atoms with Crippen LogP contribution >= 0.6 is 0 Å². The van der Waals surface area contributed by atoms with Gasteiger partial charge in [0.25, 0.3) is 5.91 Å². The van der Waals surface area contributed by atoms with Gasteiger partial charge in [-0.25, -0.2) is 4.39 Å². The van der Waals surface area contributed by atoms with Crippen LogP contribution in [-0.2, 0) is 0 Å². The number of alkyl halides is 1. The van der Waals surface area contributed by atoms with Crippen molar-refractivity contribution >= 4 is 5.91 Å². The molecule has 1 N–H and O–H groups in total. The first-order chi connectivity index (χ1) is 7.53. The zero-order chi connectivity index (χ0) is 12.2. The molecule has 1 unspecified atom stereocenters. The first-order valence-electron chi connectivity index (χ1n) is 5.18. The molecule has 4 heteroatoms. The van der Waals surface area contributed by atoms with Gasteiger partial charge >= 0.3 is 0 Å². The quantitative estimate of drug-likeness (QED) is 0.794. The minimum absolute atomic E-state index is 0.255. The molecular formula is C12H16FNO2. The van der Waals surface area contributed by atoms with Crippen molar-refractivity contribution in [1.82, 2.24) is 4.90 Å². The van der Waals surface area contributed by atoms with Crippen molar-refractivity contribution in [1.29, 1.82) is 0 Å². The lowest BCUT2D eigenvalue weighted by molar-refractivity contribution is -0.0848. The first-order valence-corrected chi connectivity index (χ1v) is 5.18. The molecule has 0 radical (unpaired) electrons. The topological polar surface area (TPSA) is 40.5 Å². The van der Waals surface area contributed by atoms with E-state index >= 15 is 0 Å². The van der Waals surface area contributed by atoms with Gasteiger partial charge in [-0.3, -0.25) is 4.79 Å². The zero-order valence-electron chi connectivity index (χ0n) is 9.48. The van der Waals surface area contributed by atoms with Crippen LogP contribution in [0.4, 0.5) is 4.39 Å². The van der Waals surface area contributed by atoms with E-state index in [1.807, 2.05) is 0 Å². The van der Waals surface area contributed by atoms with E-state index in [1.165, 1.54) is 6.92 Å². The minimum atomic E-state index is -1.75. The van der Waals surface area contributed by atoms with Crippen LogP contribution < -0.4 is 0 Å². The maximum atomic E-state index is 12.6. The summed E-state index contributed by atoms with van der Waals surface area (Å²) in [5.74, 6) is -0.370. The Balaban J connectivity index is 2.95. The van der Waals surface area contributed by atoms with Crippen molar-refractivity contribution in [3.05, 3.63) is 35.9 Å². The maximum Gasteiger partial charge on any atom is 0.256 e. The Morgan fingerprint density at radius 3 is 2.44 bits per heavy atom. The average molecular weight is 225 g/mol. The Hall–Kier alpha value is -1.42. The number of rotatable bonds is 4. The predicted octanol–water partition coefficient (Wildman–Crippen LogP) is 1.83. The number of halogens is 1. The third kappa shape index (κ3) is 2.58. The van der Waals surface area contributed by atoms with Gasteiger partial charge in [-0.15, -0.1) is 0 Å². The molecule has 0 aliphatic heterocycles. The maximum absolute atomic E-state index is 12.6. The zero-order valence-corrected chi connectivity index (χ0v) is 9.48. The fourth-order valence-corrected chi connectivity index (χ4v) is 1.51. The molecule has 1 aromatic rings. The van der Waals surface area contributed by atoms with Crippen molar-refractivity contribution < 1.29 is 14.3 Å². The van der Waals surface area contributed by atoms with Crippen molar-refractivity contribution in [2.75, 3.05) is 13.2 Å². The van der Waals surface area contributed by atoms with Crippen LogP contribution in [0.2, 0.25) is 0 Å². The molecule has 1 aromatic carbocycles. The molecule has 0 saturated carbocycles. The lowest BCUT2D eigenvalue weighted by Gasteiger charge is -2.34. The largest absolute Gasteiger partial charge is 0.368 e. The molecule has 0 spiro atoms. The summed E-state index contributed by atoms with van der Waals surface area (Å²) < 4.78 is 12.6. The Morgan fingerprint density at radius 1 is 1.44 bits per heavy atom. The minimum Gasteiger partial charge on any atom is -0.368 e. The Kier molecular flexibility index (Phi) is 4.01. The van der Waals surface area contributed by atoms with Crippen molar-refractivity contribution in [3.63, 3.8) is 0 Å². The molecule has 0 fully saturated rings. The van der Waals surface area contributed by atoms with Gasteiger partial charge in [-0.05, 0) is 26.0 Å². The summed E-state index contributed by atoms with van der Waals surface area (Å²) in [5, 5.41) is 9.74. The van der Waals surface area contributed by atoms with E-state index in [0.29, 0.717) is 5.56 Å². The van der Waals surface area contributed by atoms with Gasteiger partial charge in [0.2, 0.25) is 0 Å². The van der Waals surface area contributed by atoms with Gasteiger partial charge in [0.05, 0.1) is 0 Å². The van der Waals surface area contributed by atoms with E-state index in [4.69, 9.17) is 0 Å². The van der Waals surface area contributed by atoms with Crippen LogP contribution in [-0.4, -0.2) is 34.9 Å². The third-order valence-electron chi connectivity index (χ3n) is 2.42. The molecule has 0 saturated heterocycles. The number of amides is 1. The molecule has 0 heterocycles. The molecule has 1 rings (SSSR count). The second-order valence-corrected chi connectivity index (χ2v) is 3.77. The summed E-state index contributed by atoms with van der Waals surface area (Å²) in [6, 6.07) is 8.52. The summed E-state index contributed by atoms with van der Waals surface area (Å²) in [7, 11) is 0. The van der Waals surface area contributed by atoms with Crippen LogP contribution in [0.5, 0.6) is 0 Å². The van der Waals surface area contributed by atoms with E-state index in [1.54, 1.807) is 37.3 Å². The van der Waals surface area contributed by atoms with Crippen LogP contribution in [0.3, 0.4) is 0 Å². The lowest BCUT2D eigenvalue weighted by Crippen LogP contribution is -2.51. The van der Waals surface area contributed by atoms with E-state index in [2.05, 4.69) is 0 Å². The monoisotopic (exact) mass is 225 g/mol. The number of nitrogens with zero attached hydrogens (tertiary/aromatic N) is 1. The second kappa shape index (κ2) is 5.07. The van der Waals surface area contributed by atoms with Gasteiger partial charge in [0, 0.05) is 12.1 Å². The van der Waals surface area contributed by atoms with E-state index < -0.39 is 12.4 Å². The molecule has 0 aromatic heterocycles. The normalized spacial score (nSPS) is 14.2. The number of carbonyl (C=O) groups is 1. The van der Waals surface area contributed by atoms with Crippen molar-refractivity contribution in [3.8, 4) is 0 Å². The van der Waals surface area contributed by atoms with Crippen LogP contribution in [0, 0.1) is 0 Å². The van der Waals surface area contributed by atoms with E-state index in [0.717, 1.165) is 4.90 Å². The molecule has 1 amide bonds. The molecule has 3 nitrogen and oxygen atoms in total. The Bertz CT molecular complexity index is 351. The van der Waals surface area contributed by atoms with Crippen molar-refractivity contribution in [2.24, 2.45) is 0 Å². The number of benzene rings is 1. The molecular weight excluding hydrogens is 209 g/mol. The molecule has 88 valence electrons. The predicted molar refractivity (Wildman–Crippen MR) is 59.8 cm³/mol. The standard InChI is InChI=1S/C12H16FNO2/c1-3-14(12(2,16)9-13)11(15)10-7-5-4-6-8-10/h4-8,16H,3,9H2,1-2H3. The molecule has 1 atom stereocenters. The second-order valence-electron chi connectivity index (χ2n) is 3.77. The number of carbonyl (C=O) groups excluding carboxylic acids is 1. The van der Waals surface area contributed by atoms with Crippen LogP contribution in [0.25, 0.3) is 0 Å². The number of hydrogen-bond donors (Lipinski definition) is 1. The fourth-order valence-electron chi connectivity index (χ4n) is 1.51. The highest BCUT2D eigenvalue weighted by molar-refractivity contribution is 5.94. The van der Waals surface area contributed by atoms with E-state index in [-0.39, 0.29) is 12.5 Å². The summed E-state index contributed by atoms with van der Waals surface area (Å²) in [5.41, 5.74) is -1.31. The van der Waals surface area contributed by atoms with Gasteiger partial charge in [0.1, 0.15) is 6.67 Å². The van der Waals surface area contributed by atoms with Gasteiger partial charge in [0.15, 0.2) is 5.72 Å². The van der Waals surface area contributed by atoms with Crippen LogP contribution in [0.1, 0.15) is 24.2 Å². The fraction of sp³-hybridized carbons (Fsp3) is 0.417. The number of aliphatic hydroxyl groups is 1. The summed E-state index contributed by atoms with van der Waals surface area (Å²) in [6.45, 7) is 2.26. The van der Waals surface area contributed by atoms with Crippen LogP contribution in [0.15, 0.2) is 30.3 Å². The smallest absolute Gasteiger partial charge is 0.256 e. The Labute approximate surface area is 94.5 Å². The average Bonchev–Trinajstić information content (AvgIpc) is 2.30. The summed E-state index contributed by atoms with van der Waals surface area (Å²) >= 11 is 0. The highest BCUT2D eigenvalue weighted by Crippen LogP contribution is 2.16. The summed E-state index contributed by atoms with van der Waals surface area (Å²) in [6.07, 6.45) is 0. The molecule has 0 aliphatic carbocycles. The van der Waals surface area contributed by atoms with Gasteiger partial charge in [-0.1, -0.05) is 18.2 Å². The lowest BCUT2D eigenvalue weighted by atomic mass is 10.1. The van der Waals surface area contributed by atoms with Gasteiger partial charge in [-0.2, -0.15) is 0 Å². The summed E-state index contributed by atoms with van der Waals surface area (Å²) in [4.78, 5) is 13.1. The SMILES string of the molecule is CCN(C(=O)c1ccccc1)C(C)(O)CF. The first kappa shape index (κ1) is 12.6. The highest BCUT2D eigenvalue weighted by Gasteiger charge is 2.32. The van der Waals surface area contributed by atoms with E-state index in [9.17, 15) is 14.3 Å². The molecule has 16 heavy (non-hydrogen) atoms. The molecule has 0 bridgehead atoms. The Morgan fingerprint density at radius 2 is 2.00 bits per heavy atom. The van der Waals surface area contributed by atoms with Gasteiger partial charge < -0.3 is 10.0 Å². The third-order valence-corrected chi connectivity index (χ3v) is 2.42. The van der Waals surface area contributed by atoms with Crippen molar-refractivity contribution in [2.45, 2.75) is 19.6 Å².